The molecule has 0 spiro atoms. The first-order valence-electron chi connectivity index (χ1n) is 22.0. The summed E-state index contributed by atoms with van der Waals surface area (Å²) in [6, 6.07) is 0. The molecule has 0 saturated carbocycles. The fourth-order valence-corrected chi connectivity index (χ4v) is 6.84. The zero-order chi connectivity index (χ0) is 37.8. The normalized spacial score (nSPS) is 13.6. The highest BCUT2D eigenvalue weighted by molar-refractivity contribution is 7.65. The smallest absolute Gasteiger partial charge is 0.119 e. The van der Waals surface area contributed by atoms with Gasteiger partial charge in [-0.2, -0.15) is 0 Å². The molecule has 0 heterocycles. The van der Waals surface area contributed by atoms with Gasteiger partial charge in [-0.3, -0.25) is 0 Å². The summed E-state index contributed by atoms with van der Waals surface area (Å²) in [6.45, 7) is 22.8. The van der Waals surface area contributed by atoms with Gasteiger partial charge >= 0.3 is 0 Å². The Morgan fingerprint density at radius 2 is 0.667 bits per heavy atom. The third kappa shape index (κ3) is 39.5. The van der Waals surface area contributed by atoms with Crippen LogP contribution < -0.4 is 21.3 Å². The average Bonchev–Trinajstić information content (AvgIpc) is 3.06. The third-order valence-electron chi connectivity index (χ3n) is 9.76. The van der Waals surface area contributed by atoms with Crippen LogP contribution in [0.25, 0.3) is 0 Å². The summed E-state index contributed by atoms with van der Waals surface area (Å²) in [4.78, 5) is 10.3. The molecular weight excluding hydrogens is 651 g/mol. The lowest BCUT2D eigenvalue weighted by Crippen LogP contribution is -2.24. The Labute approximate surface area is 320 Å². The highest BCUT2D eigenvalue weighted by atomic mass is 31.2. The molecule has 7 nitrogen and oxygen atoms in total. The van der Waals surface area contributed by atoms with Crippen molar-refractivity contribution < 1.29 is 14.2 Å². The quantitative estimate of drug-likeness (QED) is 0.0315. The van der Waals surface area contributed by atoms with Gasteiger partial charge in [-0.1, -0.05) is 136 Å². The molecular formula is C43H93N4O3P. The lowest BCUT2D eigenvalue weighted by molar-refractivity contribution is -0.00475. The zero-order valence-electron chi connectivity index (χ0n) is 35.5. The van der Waals surface area contributed by atoms with E-state index in [-0.39, 0.29) is 10.8 Å². The van der Waals surface area contributed by atoms with Gasteiger partial charge in [0.1, 0.15) is 7.34 Å². The van der Waals surface area contributed by atoms with Crippen LogP contribution in [0.1, 0.15) is 196 Å². The van der Waals surface area contributed by atoms with E-state index < -0.39 is 7.34 Å². The molecule has 51 heavy (non-hydrogen) atoms. The van der Waals surface area contributed by atoms with Crippen molar-refractivity contribution in [1.82, 2.24) is 21.3 Å². The summed E-state index contributed by atoms with van der Waals surface area (Å²) < 4.78 is 11.5. The number of hydrogen-bond donors (Lipinski definition) is 5. The van der Waals surface area contributed by atoms with E-state index in [1.54, 1.807) is 0 Å². The topological polar surface area (TPSA) is 86.8 Å². The summed E-state index contributed by atoms with van der Waals surface area (Å²) >= 11 is 0. The van der Waals surface area contributed by atoms with Gasteiger partial charge in [-0.25, -0.2) is 0 Å². The SMILES string of the molecule is C=P(O)(OCCCNCCCNCCCCCCCCCCCCCNCCCNCCCCCCCCCCCCOC(C)(C)C)C(C)(C)C. The van der Waals surface area contributed by atoms with Gasteiger partial charge in [0.25, 0.3) is 0 Å². The zero-order valence-corrected chi connectivity index (χ0v) is 36.4. The minimum absolute atomic E-state index is 0.0178. The van der Waals surface area contributed by atoms with Crippen LogP contribution in [-0.2, 0) is 9.26 Å². The molecule has 0 aromatic rings. The molecule has 1 unspecified atom stereocenters. The first-order valence-corrected chi connectivity index (χ1v) is 23.9. The second-order valence-corrected chi connectivity index (χ2v) is 20.2. The summed E-state index contributed by atoms with van der Waals surface area (Å²) in [7, 11) is -2.53. The van der Waals surface area contributed by atoms with Gasteiger partial charge in [0.05, 0.1) is 12.2 Å². The highest BCUT2D eigenvalue weighted by Crippen LogP contribution is 2.54. The number of nitrogens with one attached hydrogen (secondary N) is 4. The second kappa shape index (κ2) is 35.7. The van der Waals surface area contributed by atoms with E-state index in [2.05, 4.69) is 48.3 Å². The molecule has 0 aliphatic rings. The highest BCUT2D eigenvalue weighted by Gasteiger charge is 2.28. The maximum Gasteiger partial charge on any atom is 0.119 e. The van der Waals surface area contributed by atoms with Gasteiger partial charge in [0.15, 0.2) is 0 Å². The largest absolute Gasteiger partial charge is 0.376 e. The Balaban J connectivity index is 3.13. The second-order valence-electron chi connectivity index (χ2n) is 17.2. The molecule has 0 saturated heterocycles. The van der Waals surface area contributed by atoms with Gasteiger partial charge < -0.3 is 35.4 Å². The maximum absolute atomic E-state index is 10.3. The molecule has 0 bridgehead atoms. The molecule has 0 aliphatic heterocycles. The van der Waals surface area contributed by atoms with Crippen molar-refractivity contribution in [2.24, 2.45) is 0 Å². The summed E-state index contributed by atoms with van der Waals surface area (Å²) in [6.07, 6.45) is 36.2. The molecule has 8 heteroatoms. The van der Waals surface area contributed by atoms with Crippen LogP contribution in [0.4, 0.5) is 0 Å². The molecule has 0 aliphatic carbocycles. The van der Waals surface area contributed by atoms with Gasteiger partial charge in [0, 0.05) is 11.8 Å². The lowest BCUT2D eigenvalue weighted by Gasteiger charge is -2.31. The minimum Gasteiger partial charge on any atom is -0.376 e. The average molecular weight is 745 g/mol. The predicted molar refractivity (Wildman–Crippen MR) is 230 cm³/mol. The molecule has 1 atom stereocenters. The predicted octanol–water partition coefficient (Wildman–Crippen LogP) is 10.6. The van der Waals surface area contributed by atoms with Crippen molar-refractivity contribution in [2.45, 2.75) is 206 Å². The van der Waals surface area contributed by atoms with E-state index in [0.29, 0.717) is 6.61 Å². The van der Waals surface area contributed by atoms with E-state index >= 15 is 0 Å². The van der Waals surface area contributed by atoms with Crippen molar-refractivity contribution in [3.8, 4) is 0 Å². The van der Waals surface area contributed by atoms with E-state index in [9.17, 15) is 4.89 Å². The molecule has 0 aromatic carbocycles. The Hall–Kier alpha value is 0.0200. The van der Waals surface area contributed by atoms with E-state index in [4.69, 9.17) is 9.26 Å². The first kappa shape index (κ1) is 51.0. The van der Waals surface area contributed by atoms with E-state index in [1.807, 2.05) is 20.8 Å². The van der Waals surface area contributed by atoms with Crippen LogP contribution in [0, 0.1) is 0 Å². The first-order chi connectivity index (χ1) is 24.5. The molecule has 0 radical (unpaired) electrons. The van der Waals surface area contributed by atoms with E-state index in [0.717, 1.165) is 58.7 Å². The summed E-state index contributed by atoms with van der Waals surface area (Å²) in [5.74, 6) is 0. The number of rotatable bonds is 40. The fourth-order valence-electron chi connectivity index (χ4n) is 6.02. The van der Waals surface area contributed by atoms with Crippen molar-refractivity contribution in [1.29, 1.82) is 0 Å². The van der Waals surface area contributed by atoms with Gasteiger partial charge in [-0.05, 0) is 118 Å². The molecule has 0 amide bonds. The standard InChI is InChI=1S/C43H93N4O3P/c1-42(2,3)49-40-28-24-20-16-12-11-15-19-23-26-33-45-36-29-35-44-32-25-21-17-13-9-8-10-14-18-22-27-34-46-37-30-38-47-39-31-41-50-51(7,48)43(4,5)6/h44-48H,7-41H2,1-6H3. The number of hydrogen-bond acceptors (Lipinski definition) is 7. The Bertz CT molecular complexity index is 757. The van der Waals surface area contributed by atoms with Crippen molar-refractivity contribution in [3.05, 3.63) is 0 Å². The Morgan fingerprint density at radius 1 is 0.392 bits per heavy atom. The Kier molecular flexibility index (Phi) is 35.7. The van der Waals surface area contributed by atoms with Crippen molar-refractivity contribution >= 4 is 13.6 Å². The fraction of sp³-hybridized carbons (Fsp3) is 0.977. The van der Waals surface area contributed by atoms with Crippen LogP contribution >= 0.6 is 7.34 Å². The Morgan fingerprint density at radius 3 is 0.980 bits per heavy atom. The number of unbranched alkanes of at least 4 members (excludes halogenated alkanes) is 19. The monoisotopic (exact) mass is 745 g/mol. The van der Waals surface area contributed by atoms with Crippen LogP contribution in [0.5, 0.6) is 0 Å². The summed E-state index contributed by atoms with van der Waals surface area (Å²) in [5, 5.41) is 14.1. The molecule has 308 valence electrons. The van der Waals surface area contributed by atoms with Crippen LogP contribution in [0.15, 0.2) is 0 Å². The molecule has 0 aromatic heterocycles. The van der Waals surface area contributed by atoms with Crippen LogP contribution in [-0.4, -0.2) is 87.5 Å². The van der Waals surface area contributed by atoms with Crippen molar-refractivity contribution in [3.63, 3.8) is 0 Å². The van der Waals surface area contributed by atoms with Crippen molar-refractivity contribution in [2.75, 3.05) is 65.6 Å². The molecule has 0 rings (SSSR count). The van der Waals surface area contributed by atoms with Gasteiger partial charge in [0.2, 0.25) is 0 Å². The third-order valence-corrected chi connectivity index (χ3v) is 12.5. The maximum atomic E-state index is 10.3. The number of ether oxygens (including phenoxy) is 1. The van der Waals surface area contributed by atoms with Gasteiger partial charge in [-0.15, -0.1) is 0 Å². The van der Waals surface area contributed by atoms with E-state index in [1.165, 1.54) is 154 Å². The minimum atomic E-state index is -2.53. The molecule has 5 N–H and O–H groups in total. The lowest BCUT2D eigenvalue weighted by atomic mass is 10.1. The summed E-state index contributed by atoms with van der Waals surface area (Å²) in [5.41, 5.74) is 0.0178. The van der Waals surface area contributed by atoms with Crippen LogP contribution in [0.3, 0.4) is 0 Å². The molecule has 0 fully saturated rings. The van der Waals surface area contributed by atoms with Crippen LogP contribution in [0.2, 0.25) is 0 Å².